The normalized spacial score (nSPS) is 16.0. The van der Waals surface area contributed by atoms with Crippen LogP contribution in [0.5, 0.6) is 0 Å². The monoisotopic (exact) mass is 315 g/mol. The molecule has 1 aromatic rings. The molecule has 5 heteroatoms. The third-order valence-corrected chi connectivity index (χ3v) is 4.01. The number of nitriles is 1. The molecule has 1 aliphatic heterocycles. The molecule has 1 amide bonds. The number of amides is 1. The van der Waals surface area contributed by atoms with E-state index in [0.717, 1.165) is 44.0 Å². The van der Waals surface area contributed by atoms with E-state index in [1.807, 2.05) is 18.2 Å². The minimum absolute atomic E-state index is 0.0522. The molecule has 0 spiro atoms. The molecule has 1 aromatic carbocycles. The lowest BCUT2D eigenvalue weighted by Gasteiger charge is -2.29. The maximum atomic E-state index is 12.4. The van der Waals surface area contributed by atoms with E-state index in [1.54, 1.807) is 0 Å². The van der Waals surface area contributed by atoms with Crippen LogP contribution in [0.1, 0.15) is 31.7 Å². The van der Waals surface area contributed by atoms with Crippen LogP contribution in [-0.2, 0) is 9.53 Å². The number of morpholine rings is 1. The van der Waals surface area contributed by atoms with Gasteiger partial charge in [0.2, 0.25) is 5.91 Å². The van der Waals surface area contributed by atoms with Gasteiger partial charge < -0.3 is 15.0 Å². The zero-order valence-electron chi connectivity index (χ0n) is 13.9. The number of rotatable bonds is 6. The van der Waals surface area contributed by atoms with Crippen molar-refractivity contribution >= 4 is 11.6 Å². The summed E-state index contributed by atoms with van der Waals surface area (Å²) in [5.74, 6) is 0.114. The Morgan fingerprint density at radius 3 is 2.78 bits per heavy atom. The fourth-order valence-corrected chi connectivity index (χ4v) is 2.88. The molecule has 1 saturated heterocycles. The second-order valence-electron chi connectivity index (χ2n) is 6.25. The molecule has 0 bridgehead atoms. The lowest BCUT2D eigenvalue weighted by Crippen LogP contribution is -2.36. The quantitative estimate of drug-likeness (QED) is 0.818. The second kappa shape index (κ2) is 8.54. The second-order valence-corrected chi connectivity index (χ2v) is 6.25. The predicted molar refractivity (Wildman–Crippen MR) is 90.3 cm³/mol. The highest BCUT2D eigenvalue weighted by molar-refractivity contribution is 5.84. The number of hydrogen-bond donors (Lipinski definition) is 1. The fraction of sp³-hybridized carbons (Fsp3) is 0.556. The summed E-state index contributed by atoms with van der Waals surface area (Å²) < 4.78 is 5.40. The number of anilines is 1. The maximum absolute atomic E-state index is 12.4. The van der Waals surface area contributed by atoms with Gasteiger partial charge in [-0.1, -0.05) is 26.0 Å². The number of hydrogen-bond acceptors (Lipinski definition) is 4. The maximum Gasteiger partial charge on any atom is 0.228 e. The molecule has 0 aliphatic carbocycles. The zero-order valence-corrected chi connectivity index (χ0v) is 13.9. The first kappa shape index (κ1) is 17.3. The van der Waals surface area contributed by atoms with E-state index in [-0.39, 0.29) is 18.4 Å². The standard InChI is InChI=1S/C18H25N3O2/c1-14(2)12-17(18(22)20-7-6-19)15-4-3-5-16(13-15)21-8-10-23-11-9-21/h3-5,13-14,17H,7-12H2,1-2H3,(H,20,22). The van der Waals surface area contributed by atoms with Gasteiger partial charge >= 0.3 is 0 Å². The lowest BCUT2D eigenvalue weighted by atomic mass is 9.89. The van der Waals surface area contributed by atoms with Gasteiger partial charge in [-0.2, -0.15) is 5.26 Å². The van der Waals surface area contributed by atoms with E-state index in [1.165, 1.54) is 0 Å². The molecule has 1 unspecified atom stereocenters. The number of ether oxygens (including phenoxy) is 1. The molecule has 5 nitrogen and oxygen atoms in total. The van der Waals surface area contributed by atoms with Gasteiger partial charge in [0.25, 0.3) is 0 Å². The smallest absolute Gasteiger partial charge is 0.228 e. The van der Waals surface area contributed by atoms with E-state index in [4.69, 9.17) is 10.00 Å². The number of carbonyl (C=O) groups is 1. The molecule has 1 N–H and O–H groups in total. The fourth-order valence-electron chi connectivity index (χ4n) is 2.88. The first-order valence-corrected chi connectivity index (χ1v) is 8.19. The van der Waals surface area contributed by atoms with E-state index in [9.17, 15) is 4.79 Å². The Morgan fingerprint density at radius 1 is 1.39 bits per heavy atom. The summed E-state index contributed by atoms with van der Waals surface area (Å²) in [6, 6.07) is 10.2. The molecule has 1 fully saturated rings. The summed E-state index contributed by atoms with van der Waals surface area (Å²) in [6.07, 6.45) is 0.768. The van der Waals surface area contributed by atoms with Gasteiger partial charge in [-0.25, -0.2) is 0 Å². The van der Waals surface area contributed by atoms with Gasteiger partial charge in [-0.05, 0) is 30.0 Å². The Kier molecular flexibility index (Phi) is 6.42. The molecular formula is C18H25N3O2. The molecule has 23 heavy (non-hydrogen) atoms. The van der Waals surface area contributed by atoms with Crippen molar-refractivity contribution < 1.29 is 9.53 Å². The van der Waals surface area contributed by atoms with Crippen molar-refractivity contribution in [1.29, 1.82) is 5.26 Å². The topological polar surface area (TPSA) is 65.4 Å². The van der Waals surface area contributed by atoms with Gasteiger partial charge in [-0.3, -0.25) is 4.79 Å². The molecule has 0 aromatic heterocycles. The third-order valence-electron chi connectivity index (χ3n) is 4.01. The molecule has 1 atom stereocenters. The first-order valence-electron chi connectivity index (χ1n) is 8.19. The number of benzene rings is 1. The van der Waals surface area contributed by atoms with Crippen LogP contribution < -0.4 is 10.2 Å². The molecule has 1 heterocycles. The minimum Gasteiger partial charge on any atom is -0.378 e. The van der Waals surface area contributed by atoms with Gasteiger partial charge in [0.05, 0.1) is 25.2 Å². The largest absolute Gasteiger partial charge is 0.378 e. The average molecular weight is 315 g/mol. The van der Waals surface area contributed by atoms with Crippen LogP contribution >= 0.6 is 0 Å². The summed E-state index contributed by atoms with van der Waals surface area (Å²) in [6.45, 7) is 7.49. The Bertz CT molecular complexity index is 560. The van der Waals surface area contributed by atoms with Crippen molar-refractivity contribution in [2.24, 2.45) is 5.92 Å². The highest BCUT2D eigenvalue weighted by atomic mass is 16.5. The highest BCUT2D eigenvalue weighted by Gasteiger charge is 2.22. The Balaban J connectivity index is 2.20. The molecule has 0 radical (unpaired) electrons. The van der Waals surface area contributed by atoms with Crippen molar-refractivity contribution in [3.05, 3.63) is 29.8 Å². The molecule has 2 rings (SSSR count). The van der Waals surface area contributed by atoms with Gasteiger partial charge in [0, 0.05) is 18.8 Å². The Labute approximate surface area is 138 Å². The Morgan fingerprint density at radius 2 is 2.13 bits per heavy atom. The number of nitrogens with one attached hydrogen (secondary N) is 1. The Hall–Kier alpha value is -2.06. The first-order chi connectivity index (χ1) is 11.1. The molecule has 0 saturated carbocycles. The highest BCUT2D eigenvalue weighted by Crippen LogP contribution is 2.28. The van der Waals surface area contributed by atoms with Crippen molar-refractivity contribution in [3.63, 3.8) is 0 Å². The predicted octanol–water partition coefficient (Wildman–Crippen LogP) is 2.29. The van der Waals surface area contributed by atoms with Crippen LogP contribution in [0.15, 0.2) is 24.3 Å². The van der Waals surface area contributed by atoms with Crippen molar-refractivity contribution in [1.82, 2.24) is 5.32 Å². The zero-order chi connectivity index (χ0) is 16.7. The summed E-state index contributed by atoms with van der Waals surface area (Å²) in [7, 11) is 0. The molecule has 124 valence electrons. The van der Waals surface area contributed by atoms with Crippen LogP contribution in [0.4, 0.5) is 5.69 Å². The number of carbonyl (C=O) groups excluding carboxylic acids is 1. The van der Waals surface area contributed by atoms with Crippen LogP contribution in [0.3, 0.4) is 0 Å². The molecular weight excluding hydrogens is 290 g/mol. The van der Waals surface area contributed by atoms with Crippen LogP contribution in [-0.4, -0.2) is 38.8 Å². The summed E-state index contributed by atoms with van der Waals surface area (Å²) in [5, 5.41) is 11.4. The van der Waals surface area contributed by atoms with E-state index in [0.29, 0.717) is 5.92 Å². The lowest BCUT2D eigenvalue weighted by molar-refractivity contribution is -0.122. The summed E-state index contributed by atoms with van der Waals surface area (Å²) in [5.41, 5.74) is 2.14. The van der Waals surface area contributed by atoms with Crippen molar-refractivity contribution in [2.75, 3.05) is 37.7 Å². The SMILES string of the molecule is CC(C)CC(C(=O)NCC#N)c1cccc(N2CCOCC2)c1. The molecule has 1 aliphatic rings. The minimum atomic E-state index is -0.218. The summed E-state index contributed by atoms with van der Waals surface area (Å²) in [4.78, 5) is 14.7. The third kappa shape index (κ3) is 4.97. The average Bonchev–Trinajstić information content (AvgIpc) is 2.58. The van der Waals surface area contributed by atoms with E-state index < -0.39 is 0 Å². The van der Waals surface area contributed by atoms with Gasteiger partial charge in [-0.15, -0.1) is 0 Å². The van der Waals surface area contributed by atoms with E-state index >= 15 is 0 Å². The summed E-state index contributed by atoms with van der Waals surface area (Å²) >= 11 is 0. The van der Waals surface area contributed by atoms with Crippen LogP contribution in [0, 0.1) is 17.2 Å². The van der Waals surface area contributed by atoms with E-state index in [2.05, 4.69) is 36.2 Å². The van der Waals surface area contributed by atoms with Crippen molar-refractivity contribution in [3.8, 4) is 6.07 Å². The van der Waals surface area contributed by atoms with Gasteiger partial charge in [0.15, 0.2) is 0 Å². The van der Waals surface area contributed by atoms with Crippen LogP contribution in [0.2, 0.25) is 0 Å². The van der Waals surface area contributed by atoms with Gasteiger partial charge in [0.1, 0.15) is 6.54 Å². The van der Waals surface area contributed by atoms with Crippen molar-refractivity contribution in [2.45, 2.75) is 26.2 Å². The van der Waals surface area contributed by atoms with Crippen LogP contribution in [0.25, 0.3) is 0 Å². The number of nitrogens with zero attached hydrogens (tertiary/aromatic N) is 2.